The summed E-state index contributed by atoms with van der Waals surface area (Å²) in [6.07, 6.45) is 12.7. The van der Waals surface area contributed by atoms with Crippen molar-refractivity contribution in [3.8, 4) is 0 Å². The summed E-state index contributed by atoms with van der Waals surface area (Å²) in [6.45, 7) is 2.26. The van der Waals surface area contributed by atoms with E-state index in [9.17, 15) is 4.79 Å². The second-order valence-electron chi connectivity index (χ2n) is 6.61. The molecule has 0 aromatic heterocycles. The number of carbonyl (C=O) groups is 1. The molecule has 0 aromatic carbocycles. The lowest BCUT2D eigenvalue weighted by Gasteiger charge is -2.36. The molecule has 2 nitrogen and oxygen atoms in total. The molecule has 2 rings (SSSR count). The van der Waals surface area contributed by atoms with Crippen molar-refractivity contribution in [1.82, 2.24) is 0 Å². The Labute approximate surface area is 118 Å². The van der Waals surface area contributed by atoms with E-state index in [1.54, 1.807) is 7.11 Å². The Hall–Kier alpha value is -0.370. The van der Waals surface area contributed by atoms with Crippen molar-refractivity contribution < 1.29 is 9.53 Å². The standard InChI is InChI=1S/C17H30O2/c1-3-14-9-8-10-15(13-14)16(18)17(19-2)11-6-4-5-7-12-17/h14-15H,3-13H2,1-2H3. The number of hydrogen-bond donors (Lipinski definition) is 0. The van der Waals surface area contributed by atoms with Crippen LogP contribution in [0.15, 0.2) is 0 Å². The summed E-state index contributed by atoms with van der Waals surface area (Å²) in [5, 5.41) is 0. The lowest BCUT2D eigenvalue weighted by Crippen LogP contribution is -2.45. The monoisotopic (exact) mass is 266 g/mol. The molecule has 0 heterocycles. The third-order valence-corrected chi connectivity index (χ3v) is 5.48. The van der Waals surface area contributed by atoms with Crippen LogP contribution in [0.1, 0.15) is 77.6 Å². The zero-order valence-corrected chi connectivity index (χ0v) is 12.7. The average molecular weight is 266 g/mol. The van der Waals surface area contributed by atoms with Crippen LogP contribution in [0.25, 0.3) is 0 Å². The summed E-state index contributed by atoms with van der Waals surface area (Å²) in [5.41, 5.74) is -0.434. The van der Waals surface area contributed by atoms with Gasteiger partial charge in [0.2, 0.25) is 0 Å². The van der Waals surface area contributed by atoms with Crippen LogP contribution in [0, 0.1) is 11.8 Å². The average Bonchev–Trinajstić information content (AvgIpc) is 2.73. The molecular formula is C17H30O2. The van der Waals surface area contributed by atoms with Gasteiger partial charge in [-0.1, -0.05) is 51.9 Å². The topological polar surface area (TPSA) is 26.3 Å². The van der Waals surface area contributed by atoms with E-state index in [0.717, 1.165) is 44.4 Å². The second-order valence-corrected chi connectivity index (χ2v) is 6.61. The van der Waals surface area contributed by atoms with Crippen LogP contribution in [0.2, 0.25) is 0 Å². The highest BCUT2D eigenvalue weighted by Gasteiger charge is 2.43. The van der Waals surface area contributed by atoms with E-state index in [2.05, 4.69) is 6.92 Å². The molecule has 2 fully saturated rings. The fourth-order valence-electron chi connectivity index (χ4n) is 4.12. The van der Waals surface area contributed by atoms with Gasteiger partial charge in [0, 0.05) is 13.0 Å². The molecule has 0 aliphatic heterocycles. The van der Waals surface area contributed by atoms with Crippen LogP contribution in [0.5, 0.6) is 0 Å². The Balaban J connectivity index is 2.06. The van der Waals surface area contributed by atoms with Gasteiger partial charge in [0.05, 0.1) is 0 Å². The lowest BCUT2D eigenvalue weighted by molar-refractivity contribution is -0.148. The molecular weight excluding hydrogens is 236 g/mol. The van der Waals surface area contributed by atoms with Gasteiger partial charge in [-0.25, -0.2) is 0 Å². The molecule has 2 saturated carbocycles. The summed E-state index contributed by atoms with van der Waals surface area (Å²) in [5.74, 6) is 1.48. The van der Waals surface area contributed by atoms with Crippen LogP contribution < -0.4 is 0 Å². The van der Waals surface area contributed by atoms with Crippen LogP contribution in [-0.2, 0) is 9.53 Å². The van der Waals surface area contributed by atoms with Gasteiger partial charge < -0.3 is 4.74 Å². The highest BCUT2D eigenvalue weighted by Crippen LogP contribution is 2.39. The van der Waals surface area contributed by atoms with Crippen molar-refractivity contribution in [3.63, 3.8) is 0 Å². The third-order valence-electron chi connectivity index (χ3n) is 5.48. The van der Waals surface area contributed by atoms with Crippen LogP contribution in [0.3, 0.4) is 0 Å². The summed E-state index contributed by atoms with van der Waals surface area (Å²) in [6, 6.07) is 0. The van der Waals surface area contributed by atoms with Gasteiger partial charge in [-0.15, -0.1) is 0 Å². The van der Waals surface area contributed by atoms with E-state index in [-0.39, 0.29) is 5.92 Å². The van der Waals surface area contributed by atoms with Gasteiger partial charge in [0.25, 0.3) is 0 Å². The van der Waals surface area contributed by atoms with Crippen molar-refractivity contribution in [3.05, 3.63) is 0 Å². The first-order valence-electron chi connectivity index (χ1n) is 8.31. The molecule has 0 aromatic rings. The molecule has 2 atom stereocenters. The van der Waals surface area contributed by atoms with Gasteiger partial charge in [-0.2, -0.15) is 0 Å². The smallest absolute Gasteiger partial charge is 0.167 e. The Morgan fingerprint density at radius 3 is 2.37 bits per heavy atom. The first kappa shape index (κ1) is 15.0. The summed E-state index contributed by atoms with van der Waals surface area (Å²) < 4.78 is 5.79. The van der Waals surface area contributed by atoms with Gasteiger partial charge in [0.15, 0.2) is 5.78 Å². The molecule has 0 saturated heterocycles. The summed E-state index contributed by atoms with van der Waals surface area (Å²) in [7, 11) is 1.75. The van der Waals surface area contributed by atoms with Gasteiger partial charge in [-0.3, -0.25) is 4.79 Å². The number of rotatable bonds is 4. The maximum atomic E-state index is 13.0. The third kappa shape index (κ3) is 3.39. The Morgan fingerprint density at radius 2 is 1.79 bits per heavy atom. The Morgan fingerprint density at radius 1 is 1.11 bits per heavy atom. The van der Waals surface area contributed by atoms with E-state index in [0.29, 0.717) is 5.78 Å². The number of ketones is 1. The predicted molar refractivity (Wildman–Crippen MR) is 78.2 cm³/mol. The van der Waals surface area contributed by atoms with Crippen LogP contribution in [-0.4, -0.2) is 18.5 Å². The van der Waals surface area contributed by atoms with Gasteiger partial charge >= 0.3 is 0 Å². The zero-order valence-electron chi connectivity index (χ0n) is 12.7. The fraction of sp³-hybridized carbons (Fsp3) is 0.941. The number of methoxy groups -OCH3 is 1. The largest absolute Gasteiger partial charge is 0.370 e. The highest BCUT2D eigenvalue weighted by molar-refractivity contribution is 5.89. The summed E-state index contributed by atoms with van der Waals surface area (Å²) >= 11 is 0. The maximum Gasteiger partial charge on any atom is 0.167 e. The number of ether oxygens (including phenoxy) is 1. The predicted octanol–water partition coefficient (Wildman–Crippen LogP) is 4.51. The minimum absolute atomic E-state index is 0.275. The number of hydrogen-bond acceptors (Lipinski definition) is 2. The maximum absolute atomic E-state index is 13.0. The molecule has 0 bridgehead atoms. The van der Waals surface area contributed by atoms with E-state index < -0.39 is 5.60 Å². The van der Waals surface area contributed by atoms with Gasteiger partial charge in [-0.05, 0) is 31.6 Å². The van der Waals surface area contributed by atoms with Crippen molar-refractivity contribution in [2.45, 2.75) is 83.2 Å². The lowest BCUT2D eigenvalue weighted by atomic mass is 9.73. The van der Waals surface area contributed by atoms with Crippen molar-refractivity contribution in [2.75, 3.05) is 7.11 Å². The van der Waals surface area contributed by atoms with Crippen LogP contribution in [0.4, 0.5) is 0 Å². The summed E-state index contributed by atoms with van der Waals surface area (Å²) in [4.78, 5) is 13.0. The fourth-order valence-corrected chi connectivity index (χ4v) is 4.12. The minimum atomic E-state index is -0.434. The highest BCUT2D eigenvalue weighted by atomic mass is 16.5. The normalized spacial score (nSPS) is 31.7. The first-order chi connectivity index (χ1) is 9.22. The molecule has 2 aliphatic carbocycles. The molecule has 0 amide bonds. The number of Topliss-reactive ketones (excluding diaryl/α,β-unsaturated/α-hetero) is 1. The molecule has 0 spiro atoms. The van der Waals surface area contributed by atoms with Crippen molar-refractivity contribution >= 4 is 5.78 Å². The van der Waals surface area contributed by atoms with Crippen LogP contribution >= 0.6 is 0 Å². The molecule has 0 N–H and O–H groups in total. The van der Waals surface area contributed by atoms with E-state index in [1.165, 1.54) is 32.1 Å². The van der Waals surface area contributed by atoms with E-state index in [1.807, 2.05) is 0 Å². The van der Waals surface area contributed by atoms with E-state index in [4.69, 9.17) is 4.74 Å². The molecule has 2 aliphatic rings. The van der Waals surface area contributed by atoms with Crippen molar-refractivity contribution in [1.29, 1.82) is 0 Å². The number of carbonyl (C=O) groups excluding carboxylic acids is 1. The molecule has 2 heteroatoms. The molecule has 110 valence electrons. The van der Waals surface area contributed by atoms with Crippen molar-refractivity contribution in [2.24, 2.45) is 11.8 Å². The second kappa shape index (κ2) is 6.88. The van der Waals surface area contributed by atoms with Gasteiger partial charge in [0.1, 0.15) is 5.60 Å². The zero-order chi connectivity index (χ0) is 13.7. The Kier molecular flexibility index (Phi) is 5.44. The molecule has 2 unspecified atom stereocenters. The SMILES string of the molecule is CCC1CCCC(C(=O)C2(OC)CCCCCC2)C1. The first-order valence-corrected chi connectivity index (χ1v) is 8.31. The Bertz CT molecular complexity index is 290. The molecule has 0 radical (unpaired) electrons. The molecule has 19 heavy (non-hydrogen) atoms. The van der Waals surface area contributed by atoms with E-state index >= 15 is 0 Å². The quantitative estimate of drug-likeness (QED) is 0.700. The minimum Gasteiger partial charge on any atom is -0.370 e.